The van der Waals surface area contributed by atoms with Gasteiger partial charge in [-0.05, 0) is 29.8 Å². The predicted octanol–water partition coefficient (Wildman–Crippen LogP) is 2.13. The van der Waals surface area contributed by atoms with Crippen molar-refractivity contribution in [2.75, 3.05) is 4.90 Å². The molecule has 7 nitrogen and oxygen atoms in total. The molecule has 2 amide bonds. The Bertz CT molecular complexity index is 852. The lowest BCUT2D eigenvalue weighted by Gasteiger charge is -2.16. The summed E-state index contributed by atoms with van der Waals surface area (Å²) in [5, 5.41) is 18.0. The van der Waals surface area contributed by atoms with Crippen LogP contribution in [0.4, 0.5) is 5.69 Å². The molecule has 0 saturated heterocycles. The van der Waals surface area contributed by atoms with Crippen molar-refractivity contribution < 1.29 is 29.4 Å². The molecule has 2 aromatic carbocycles. The molecule has 0 bridgehead atoms. The van der Waals surface area contributed by atoms with Gasteiger partial charge in [0.15, 0.2) is 0 Å². The average Bonchev–Trinajstić information content (AvgIpc) is 2.84. The number of carbonyl (C=O) groups is 4. The third-order valence-electron chi connectivity index (χ3n) is 4.02. The number of benzene rings is 2. The molecule has 2 N–H and O–H groups in total. The minimum Gasteiger partial charge on any atom is -0.481 e. The van der Waals surface area contributed by atoms with Crippen LogP contribution in [0.25, 0.3) is 0 Å². The number of carboxylic acids is 2. The van der Waals surface area contributed by atoms with Crippen molar-refractivity contribution >= 4 is 29.4 Å². The molecule has 1 atom stereocenters. The van der Waals surface area contributed by atoms with Gasteiger partial charge >= 0.3 is 11.9 Å². The Morgan fingerprint density at radius 3 is 1.84 bits per heavy atom. The molecule has 1 aliphatic rings. The third kappa shape index (κ3) is 2.87. The first-order chi connectivity index (χ1) is 11.9. The first-order valence-electron chi connectivity index (χ1n) is 7.42. The molecule has 2 aromatic rings. The standard InChI is InChI=1S/C18H13NO6/c20-15(21)9-14(18(24)25)10-5-7-11(8-6-10)19-16(22)12-3-1-2-4-13(12)17(19)23/h1-8,14H,9H2,(H,20,21)(H,24,25). The SMILES string of the molecule is O=C(O)CC(C(=O)O)c1ccc(N2C(=O)c3ccccc3C2=O)cc1. The molecule has 0 saturated carbocycles. The van der Waals surface area contributed by atoms with Gasteiger partial charge in [0.25, 0.3) is 11.8 Å². The Labute approximate surface area is 142 Å². The molecule has 3 rings (SSSR count). The number of amides is 2. The number of imide groups is 1. The van der Waals surface area contributed by atoms with E-state index in [0.717, 1.165) is 4.90 Å². The molecule has 0 aromatic heterocycles. The number of anilines is 1. The molecule has 0 fully saturated rings. The van der Waals surface area contributed by atoms with E-state index in [0.29, 0.717) is 16.8 Å². The van der Waals surface area contributed by atoms with Crippen LogP contribution in [0, 0.1) is 0 Å². The van der Waals surface area contributed by atoms with Gasteiger partial charge in [0.05, 0.1) is 29.2 Å². The third-order valence-corrected chi connectivity index (χ3v) is 4.02. The van der Waals surface area contributed by atoms with Crippen molar-refractivity contribution in [1.29, 1.82) is 0 Å². The van der Waals surface area contributed by atoms with Gasteiger partial charge in [-0.3, -0.25) is 19.2 Å². The summed E-state index contributed by atoms with van der Waals surface area (Å²) < 4.78 is 0. The van der Waals surface area contributed by atoms with E-state index < -0.39 is 36.1 Å². The summed E-state index contributed by atoms with van der Waals surface area (Å²) in [7, 11) is 0. The fraction of sp³-hybridized carbons (Fsp3) is 0.111. The van der Waals surface area contributed by atoms with E-state index in [4.69, 9.17) is 5.11 Å². The first kappa shape index (κ1) is 16.4. The summed E-state index contributed by atoms with van der Waals surface area (Å²) in [6.07, 6.45) is -0.554. The van der Waals surface area contributed by atoms with Crippen LogP contribution >= 0.6 is 0 Å². The van der Waals surface area contributed by atoms with Crippen molar-refractivity contribution in [1.82, 2.24) is 0 Å². The summed E-state index contributed by atoms with van der Waals surface area (Å²) in [5.41, 5.74) is 1.21. The number of hydrogen-bond acceptors (Lipinski definition) is 4. The van der Waals surface area contributed by atoms with Gasteiger partial charge in [-0.2, -0.15) is 0 Å². The quantitative estimate of drug-likeness (QED) is 0.807. The second kappa shape index (κ2) is 6.20. The van der Waals surface area contributed by atoms with Crippen molar-refractivity contribution in [2.45, 2.75) is 12.3 Å². The molecular weight excluding hydrogens is 326 g/mol. The number of carboxylic acid groups (broad SMARTS) is 2. The first-order valence-corrected chi connectivity index (χ1v) is 7.42. The highest BCUT2D eigenvalue weighted by molar-refractivity contribution is 6.34. The second-order valence-corrected chi connectivity index (χ2v) is 5.57. The van der Waals surface area contributed by atoms with E-state index in [1.807, 2.05) is 0 Å². The topological polar surface area (TPSA) is 112 Å². The lowest BCUT2D eigenvalue weighted by molar-refractivity contribution is -0.145. The Kier molecular flexibility index (Phi) is 4.06. The van der Waals surface area contributed by atoms with E-state index in [-0.39, 0.29) is 5.56 Å². The number of fused-ring (bicyclic) bond motifs is 1. The maximum Gasteiger partial charge on any atom is 0.311 e. The lowest BCUT2D eigenvalue weighted by atomic mass is 9.95. The van der Waals surface area contributed by atoms with Crippen LogP contribution in [-0.2, 0) is 9.59 Å². The van der Waals surface area contributed by atoms with Gasteiger partial charge in [-0.25, -0.2) is 4.90 Å². The number of nitrogens with zero attached hydrogens (tertiary/aromatic N) is 1. The Morgan fingerprint density at radius 2 is 1.40 bits per heavy atom. The van der Waals surface area contributed by atoms with E-state index in [1.165, 1.54) is 24.3 Å². The molecule has 7 heteroatoms. The van der Waals surface area contributed by atoms with Crippen LogP contribution in [-0.4, -0.2) is 34.0 Å². The van der Waals surface area contributed by atoms with Crippen LogP contribution < -0.4 is 4.90 Å². The number of aliphatic carboxylic acids is 2. The van der Waals surface area contributed by atoms with Crippen LogP contribution in [0.15, 0.2) is 48.5 Å². The fourth-order valence-corrected chi connectivity index (χ4v) is 2.80. The van der Waals surface area contributed by atoms with Gasteiger partial charge in [0.1, 0.15) is 0 Å². The zero-order valence-corrected chi connectivity index (χ0v) is 12.9. The Morgan fingerprint density at radius 1 is 0.880 bits per heavy atom. The van der Waals surface area contributed by atoms with Crippen LogP contribution in [0.5, 0.6) is 0 Å². The number of hydrogen-bond donors (Lipinski definition) is 2. The number of carbonyl (C=O) groups excluding carboxylic acids is 2. The zero-order chi connectivity index (χ0) is 18.1. The normalized spacial score (nSPS) is 14.3. The van der Waals surface area contributed by atoms with Crippen LogP contribution in [0.1, 0.15) is 38.6 Å². The highest BCUT2D eigenvalue weighted by Gasteiger charge is 2.36. The molecular formula is C18H13NO6. The van der Waals surface area contributed by atoms with Crippen molar-refractivity contribution in [3.63, 3.8) is 0 Å². The van der Waals surface area contributed by atoms with Crippen molar-refractivity contribution in [3.8, 4) is 0 Å². The monoisotopic (exact) mass is 339 g/mol. The van der Waals surface area contributed by atoms with E-state index in [1.54, 1.807) is 24.3 Å². The predicted molar refractivity (Wildman–Crippen MR) is 86.7 cm³/mol. The Balaban J connectivity index is 1.91. The molecule has 25 heavy (non-hydrogen) atoms. The fourth-order valence-electron chi connectivity index (χ4n) is 2.80. The molecule has 0 spiro atoms. The van der Waals surface area contributed by atoms with Crippen molar-refractivity contribution in [2.24, 2.45) is 0 Å². The van der Waals surface area contributed by atoms with Crippen LogP contribution in [0.2, 0.25) is 0 Å². The maximum atomic E-state index is 12.4. The molecule has 1 aliphatic heterocycles. The highest BCUT2D eigenvalue weighted by Crippen LogP contribution is 2.30. The molecule has 0 radical (unpaired) electrons. The van der Waals surface area contributed by atoms with Crippen LogP contribution in [0.3, 0.4) is 0 Å². The number of rotatable bonds is 5. The summed E-state index contributed by atoms with van der Waals surface area (Å²) in [6.45, 7) is 0. The summed E-state index contributed by atoms with van der Waals surface area (Å²) in [6, 6.07) is 12.2. The van der Waals surface area contributed by atoms with E-state index in [9.17, 15) is 24.3 Å². The zero-order valence-electron chi connectivity index (χ0n) is 12.9. The van der Waals surface area contributed by atoms with Gasteiger partial charge < -0.3 is 10.2 Å². The second-order valence-electron chi connectivity index (χ2n) is 5.57. The van der Waals surface area contributed by atoms with Gasteiger partial charge in [-0.1, -0.05) is 24.3 Å². The molecule has 1 unspecified atom stereocenters. The summed E-state index contributed by atoms with van der Waals surface area (Å²) in [5.74, 6) is -4.58. The summed E-state index contributed by atoms with van der Waals surface area (Å²) >= 11 is 0. The van der Waals surface area contributed by atoms with Crippen molar-refractivity contribution in [3.05, 3.63) is 65.2 Å². The van der Waals surface area contributed by atoms with E-state index in [2.05, 4.69) is 0 Å². The minimum absolute atomic E-state index is 0.287. The largest absolute Gasteiger partial charge is 0.481 e. The highest BCUT2D eigenvalue weighted by atomic mass is 16.4. The molecule has 0 aliphatic carbocycles. The lowest BCUT2D eigenvalue weighted by Crippen LogP contribution is -2.29. The molecule has 126 valence electrons. The summed E-state index contributed by atoms with van der Waals surface area (Å²) in [4.78, 5) is 47.9. The van der Waals surface area contributed by atoms with E-state index >= 15 is 0 Å². The Hall–Kier alpha value is -3.48. The van der Waals surface area contributed by atoms with Gasteiger partial charge in [-0.15, -0.1) is 0 Å². The minimum atomic E-state index is -1.25. The maximum absolute atomic E-state index is 12.4. The average molecular weight is 339 g/mol. The smallest absolute Gasteiger partial charge is 0.311 e. The van der Waals surface area contributed by atoms with Gasteiger partial charge in [0.2, 0.25) is 0 Å². The molecule has 1 heterocycles. The van der Waals surface area contributed by atoms with Gasteiger partial charge in [0, 0.05) is 0 Å².